The number of carbonyl (C=O) groups excluding carboxylic acids is 2. The predicted octanol–water partition coefficient (Wildman–Crippen LogP) is 6.65. The molecule has 67 heavy (non-hydrogen) atoms. The Morgan fingerprint density at radius 2 is 0.955 bits per heavy atom. The van der Waals surface area contributed by atoms with E-state index in [9.17, 15) is 45.3 Å². The van der Waals surface area contributed by atoms with Crippen molar-refractivity contribution in [1.82, 2.24) is 0 Å². The fourth-order valence-electron chi connectivity index (χ4n) is 7.30. The lowest BCUT2D eigenvalue weighted by molar-refractivity contribution is -0.332. The first-order chi connectivity index (χ1) is 32.5. The lowest BCUT2D eigenvalue weighted by Gasteiger charge is -2.42. The molecule has 0 aromatic rings. The van der Waals surface area contributed by atoms with Crippen molar-refractivity contribution in [3.63, 3.8) is 0 Å². The van der Waals surface area contributed by atoms with Crippen LogP contribution in [0.3, 0.4) is 0 Å². The first kappa shape index (κ1) is 60.1. The number of allylic oxidation sites excluding steroid dienone is 12. The van der Waals surface area contributed by atoms with Crippen LogP contribution in [0.1, 0.15) is 149 Å². The number of unbranched alkanes of at least 4 members (excludes halogenated alkanes) is 11. The molecule has 384 valence electrons. The van der Waals surface area contributed by atoms with E-state index >= 15 is 0 Å². The molecule has 2 saturated heterocycles. The number of hydrogen-bond donors (Lipinski definition) is 7. The Morgan fingerprint density at radius 1 is 0.493 bits per heavy atom. The maximum absolute atomic E-state index is 13.0. The summed E-state index contributed by atoms with van der Waals surface area (Å²) in [6, 6.07) is 0. The molecule has 0 spiro atoms. The van der Waals surface area contributed by atoms with Gasteiger partial charge in [0.1, 0.15) is 55.4 Å². The molecule has 0 saturated carbocycles. The molecule has 15 nitrogen and oxygen atoms in total. The smallest absolute Gasteiger partial charge is 0.306 e. The lowest BCUT2D eigenvalue weighted by Crippen LogP contribution is -2.61. The number of hydrogen-bond acceptors (Lipinski definition) is 15. The van der Waals surface area contributed by atoms with Crippen LogP contribution in [0.5, 0.6) is 0 Å². The fourth-order valence-corrected chi connectivity index (χ4v) is 7.30. The van der Waals surface area contributed by atoms with Crippen LogP contribution in [0.25, 0.3) is 0 Å². The molecule has 2 rings (SSSR count). The summed E-state index contributed by atoms with van der Waals surface area (Å²) < 4.78 is 33.5. The lowest BCUT2D eigenvalue weighted by atomic mass is 9.98. The van der Waals surface area contributed by atoms with Gasteiger partial charge in [-0.25, -0.2) is 0 Å². The molecule has 0 bridgehead atoms. The molecule has 2 aliphatic heterocycles. The minimum Gasteiger partial charge on any atom is -0.462 e. The minimum absolute atomic E-state index is 0.0818. The zero-order chi connectivity index (χ0) is 48.9. The van der Waals surface area contributed by atoms with E-state index in [0.29, 0.717) is 19.3 Å². The number of esters is 2. The molecule has 0 aliphatic carbocycles. The normalized spacial score (nSPS) is 26.6. The Bertz CT molecular complexity index is 1440. The van der Waals surface area contributed by atoms with E-state index in [0.717, 1.165) is 70.6 Å². The summed E-state index contributed by atoms with van der Waals surface area (Å²) >= 11 is 0. The van der Waals surface area contributed by atoms with Crippen molar-refractivity contribution in [2.75, 3.05) is 26.4 Å². The summed E-state index contributed by atoms with van der Waals surface area (Å²) in [5.74, 6) is -1.01. The van der Waals surface area contributed by atoms with Gasteiger partial charge in [0.2, 0.25) is 0 Å². The van der Waals surface area contributed by atoms with E-state index in [4.69, 9.17) is 28.4 Å². The minimum atomic E-state index is -1.78. The highest BCUT2D eigenvalue weighted by atomic mass is 16.7. The molecule has 15 heteroatoms. The molecule has 2 heterocycles. The van der Waals surface area contributed by atoms with Crippen molar-refractivity contribution in [3.05, 3.63) is 72.9 Å². The van der Waals surface area contributed by atoms with Crippen LogP contribution < -0.4 is 0 Å². The Kier molecular flexibility index (Phi) is 34.7. The van der Waals surface area contributed by atoms with E-state index in [2.05, 4.69) is 74.6 Å². The maximum Gasteiger partial charge on any atom is 0.306 e. The SMILES string of the molecule is CC/C=C\C/C=C\C/C=C\C/C=C\C/C=C\CCCC(=O)OC(COC(=O)CCCCCCC/C=C\CCCCCCC)COC1OC(COC2OC(CO)C(O)C(O)C2O)C(O)C(O)C1O. The zero-order valence-electron chi connectivity index (χ0n) is 40.4. The molecular weight excluding hydrogens is 865 g/mol. The van der Waals surface area contributed by atoms with Gasteiger partial charge >= 0.3 is 11.9 Å². The van der Waals surface area contributed by atoms with Gasteiger partial charge in [-0.05, 0) is 77.0 Å². The van der Waals surface area contributed by atoms with Gasteiger partial charge in [0.05, 0.1) is 19.8 Å². The molecule has 11 unspecified atom stereocenters. The van der Waals surface area contributed by atoms with E-state index in [-0.39, 0.29) is 19.4 Å². The highest BCUT2D eigenvalue weighted by Gasteiger charge is 2.47. The average Bonchev–Trinajstić information content (AvgIpc) is 3.32. The Hall–Kier alpha value is -3.06. The average molecular weight is 951 g/mol. The molecule has 7 N–H and O–H groups in total. The van der Waals surface area contributed by atoms with Crippen molar-refractivity contribution in [2.24, 2.45) is 0 Å². The quantitative estimate of drug-likeness (QED) is 0.0196. The fraction of sp³-hybridized carbons (Fsp3) is 0.731. The molecule has 2 fully saturated rings. The second-order valence-electron chi connectivity index (χ2n) is 17.3. The topological polar surface area (TPSA) is 231 Å². The van der Waals surface area contributed by atoms with Crippen molar-refractivity contribution in [2.45, 2.75) is 216 Å². The van der Waals surface area contributed by atoms with E-state index < -0.39 is 99.3 Å². The summed E-state index contributed by atoms with van der Waals surface area (Å²) in [5, 5.41) is 72.0. The highest BCUT2D eigenvalue weighted by molar-refractivity contribution is 5.70. The summed E-state index contributed by atoms with van der Waals surface area (Å²) in [6.07, 6.45) is 28.0. The van der Waals surface area contributed by atoms with Crippen molar-refractivity contribution in [1.29, 1.82) is 0 Å². The maximum atomic E-state index is 13.0. The third-order valence-corrected chi connectivity index (χ3v) is 11.4. The Labute approximate surface area is 400 Å². The van der Waals surface area contributed by atoms with Gasteiger partial charge < -0.3 is 64.2 Å². The molecule has 0 amide bonds. The van der Waals surface area contributed by atoms with Crippen LogP contribution in [-0.2, 0) is 38.0 Å². The van der Waals surface area contributed by atoms with Crippen LogP contribution in [0.15, 0.2) is 72.9 Å². The molecular formula is C52H86O15. The number of ether oxygens (including phenoxy) is 6. The van der Waals surface area contributed by atoms with E-state index in [1.165, 1.54) is 32.1 Å². The van der Waals surface area contributed by atoms with E-state index in [1.807, 2.05) is 12.2 Å². The molecule has 0 aromatic heterocycles. The van der Waals surface area contributed by atoms with Gasteiger partial charge in [-0.3, -0.25) is 9.59 Å². The van der Waals surface area contributed by atoms with Gasteiger partial charge in [0.15, 0.2) is 18.7 Å². The largest absolute Gasteiger partial charge is 0.462 e. The Morgan fingerprint density at radius 3 is 1.54 bits per heavy atom. The number of aliphatic hydroxyl groups is 7. The van der Waals surface area contributed by atoms with Gasteiger partial charge in [0, 0.05) is 12.8 Å². The van der Waals surface area contributed by atoms with Crippen molar-refractivity contribution in [3.8, 4) is 0 Å². The van der Waals surface area contributed by atoms with Gasteiger partial charge in [0.25, 0.3) is 0 Å². The Balaban J connectivity index is 1.86. The standard InChI is InChI=1S/C52H86O15/c1-3-5-7-9-11-13-15-17-19-20-21-23-25-27-29-31-33-35-44(55)65-40(37-62-43(54)34-32-30-28-26-24-22-18-16-14-12-10-8-6-4-2)38-63-51-50(61)48(59)46(57)42(67-51)39-64-52-49(60)47(58)45(56)41(36-53)66-52/h5,7,11,13,16-19,21,23,27,29,40-42,45-53,56-61H,3-4,6,8-10,12,14-15,20,22,24-26,28,30-39H2,1-2H3/b7-5-,13-11-,18-16-,19-17-,23-21-,29-27-. The van der Waals surface area contributed by atoms with Gasteiger partial charge in [-0.1, -0.05) is 132 Å². The van der Waals surface area contributed by atoms with Crippen LogP contribution in [0.2, 0.25) is 0 Å². The number of carbonyl (C=O) groups is 2. The molecule has 0 aromatic carbocycles. The van der Waals surface area contributed by atoms with Crippen LogP contribution in [0.4, 0.5) is 0 Å². The first-order valence-corrected chi connectivity index (χ1v) is 25.0. The summed E-state index contributed by atoms with van der Waals surface area (Å²) in [5.41, 5.74) is 0. The first-order valence-electron chi connectivity index (χ1n) is 25.0. The third-order valence-electron chi connectivity index (χ3n) is 11.4. The predicted molar refractivity (Wildman–Crippen MR) is 256 cm³/mol. The van der Waals surface area contributed by atoms with Crippen LogP contribution in [-0.4, -0.2) is 142 Å². The molecule has 0 radical (unpaired) electrons. The molecule has 2 aliphatic rings. The van der Waals surface area contributed by atoms with Crippen LogP contribution >= 0.6 is 0 Å². The van der Waals surface area contributed by atoms with Crippen LogP contribution in [0, 0.1) is 0 Å². The second kappa shape index (κ2) is 38.8. The number of rotatable bonds is 37. The van der Waals surface area contributed by atoms with Gasteiger partial charge in [-0.15, -0.1) is 0 Å². The summed E-state index contributed by atoms with van der Waals surface area (Å²) in [7, 11) is 0. The van der Waals surface area contributed by atoms with E-state index in [1.54, 1.807) is 0 Å². The third kappa shape index (κ3) is 27.1. The molecule has 11 atom stereocenters. The monoisotopic (exact) mass is 951 g/mol. The second-order valence-corrected chi connectivity index (χ2v) is 17.3. The van der Waals surface area contributed by atoms with Gasteiger partial charge in [-0.2, -0.15) is 0 Å². The van der Waals surface area contributed by atoms with Crippen molar-refractivity contribution >= 4 is 11.9 Å². The van der Waals surface area contributed by atoms with Crippen molar-refractivity contribution < 1.29 is 73.8 Å². The number of aliphatic hydroxyl groups excluding tert-OH is 7. The summed E-state index contributed by atoms with van der Waals surface area (Å²) in [6.45, 7) is 2.38. The zero-order valence-corrected chi connectivity index (χ0v) is 40.4. The summed E-state index contributed by atoms with van der Waals surface area (Å²) in [4.78, 5) is 25.7. The highest BCUT2D eigenvalue weighted by Crippen LogP contribution is 2.26.